The van der Waals surface area contributed by atoms with Gasteiger partial charge in [0.15, 0.2) is 0 Å². The van der Waals surface area contributed by atoms with Gasteiger partial charge in [-0.3, -0.25) is 4.31 Å². The van der Waals surface area contributed by atoms with Crippen LogP contribution in [-0.4, -0.2) is 31.6 Å². The first kappa shape index (κ1) is 30.2. The van der Waals surface area contributed by atoms with Crippen LogP contribution in [0.5, 0.6) is 0 Å². The number of carbonyl (C=O) groups is 2. The van der Waals surface area contributed by atoms with Crippen molar-refractivity contribution in [1.82, 2.24) is 5.32 Å². The number of nitrogens with zero attached hydrogens (tertiary/aromatic N) is 1. The van der Waals surface area contributed by atoms with E-state index in [0.717, 1.165) is 15.3 Å². The molecule has 0 aromatic heterocycles. The van der Waals surface area contributed by atoms with Gasteiger partial charge < -0.3 is 15.7 Å². The van der Waals surface area contributed by atoms with Crippen LogP contribution in [0, 0.1) is 0 Å². The average molecular weight is 615 g/mol. The minimum Gasteiger partial charge on any atom is -0.480 e. The number of rotatable bonds is 11. The van der Waals surface area contributed by atoms with Gasteiger partial charge in [0.2, 0.25) is 0 Å². The number of urea groups is 1. The van der Waals surface area contributed by atoms with Crippen molar-refractivity contribution in [3.8, 4) is 0 Å². The van der Waals surface area contributed by atoms with E-state index in [2.05, 4.69) is 10.6 Å². The zero-order valence-corrected chi connectivity index (χ0v) is 24.5. The SMILES string of the molecule is CCCCC(C(=O)O)N(c1ccc2ccc(NC(=O)NCc3ccccc3)cc2c1)S(=O)(=O)c1cc(Cl)cc(Cl)c1. The highest BCUT2D eigenvalue weighted by Gasteiger charge is 2.36. The second-order valence-electron chi connectivity index (χ2n) is 9.44. The van der Waals surface area contributed by atoms with Gasteiger partial charge in [-0.1, -0.05) is 85.4 Å². The molecule has 0 fully saturated rings. The van der Waals surface area contributed by atoms with Crippen molar-refractivity contribution in [1.29, 1.82) is 0 Å². The number of fused-ring (bicyclic) bond motifs is 1. The number of carbonyl (C=O) groups excluding carboxylic acids is 1. The summed E-state index contributed by atoms with van der Waals surface area (Å²) < 4.78 is 28.8. The Morgan fingerprint density at radius 1 is 0.902 bits per heavy atom. The van der Waals surface area contributed by atoms with Crippen molar-refractivity contribution in [2.75, 3.05) is 9.62 Å². The number of amides is 2. The minimum atomic E-state index is -4.40. The van der Waals surface area contributed by atoms with Crippen LogP contribution in [0.3, 0.4) is 0 Å². The van der Waals surface area contributed by atoms with E-state index >= 15 is 0 Å². The first-order valence-electron chi connectivity index (χ1n) is 12.9. The number of carboxylic acid groups (broad SMARTS) is 1. The molecule has 0 aliphatic rings. The van der Waals surface area contributed by atoms with Gasteiger partial charge >= 0.3 is 12.0 Å². The molecule has 3 N–H and O–H groups in total. The maximum Gasteiger partial charge on any atom is 0.327 e. The van der Waals surface area contributed by atoms with Crippen LogP contribution >= 0.6 is 23.2 Å². The lowest BCUT2D eigenvalue weighted by Gasteiger charge is -2.30. The zero-order valence-electron chi connectivity index (χ0n) is 22.2. The molecule has 4 aromatic rings. The van der Waals surface area contributed by atoms with Gasteiger partial charge in [0.25, 0.3) is 10.0 Å². The lowest BCUT2D eigenvalue weighted by atomic mass is 10.1. The molecule has 8 nitrogen and oxygen atoms in total. The van der Waals surface area contributed by atoms with Crippen LogP contribution in [0.15, 0.2) is 89.8 Å². The minimum absolute atomic E-state index is 0.0978. The highest BCUT2D eigenvalue weighted by atomic mass is 35.5. The van der Waals surface area contributed by atoms with Gasteiger partial charge in [-0.15, -0.1) is 0 Å². The third kappa shape index (κ3) is 7.49. The number of sulfonamides is 1. The summed E-state index contributed by atoms with van der Waals surface area (Å²) in [6.07, 6.45) is 1.28. The van der Waals surface area contributed by atoms with Crippen molar-refractivity contribution in [2.24, 2.45) is 0 Å². The predicted molar refractivity (Wildman–Crippen MR) is 163 cm³/mol. The largest absolute Gasteiger partial charge is 0.480 e. The van der Waals surface area contributed by atoms with Crippen molar-refractivity contribution < 1.29 is 23.1 Å². The molecule has 0 saturated heterocycles. The summed E-state index contributed by atoms with van der Waals surface area (Å²) in [6, 6.07) is 21.6. The van der Waals surface area contributed by atoms with Gasteiger partial charge in [-0.05, 0) is 65.2 Å². The van der Waals surface area contributed by atoms with E-state index in [9.17, 15) is 23.1 Å². The molecule has 2 amide bonds. The maximum atomic E-state index is 14.0. The number of nitrogens with one attached hydrogen (secondary N) is 2. The number of anilines is 2. The van der Waals surface area contributed by atoms with Crippen molar-refractivity contribution in [2.45, 2.75) is 43.7 Å². The maximum absolute atomic E-state index is 14.0. The third-order valence-corrected chi connectivity index (χ3v) is 8.68. The highest BCUT2D eigenvalue weighted by molar-refractivity contribution is 7.93. The van der Waals surface area contributed by atoms with Crippen LogP contribution in [0.4, 0.5) is 16.2 Å². The summed E-state index contributed by atoms with van der Waals surface area (Å²) in [6.45, 7) is 2.24. The summed E-state index contributed by atoms with van der Waals surface area (Å²) in [7, 11) is -4.40. The Labute approximate surface area is 248 Å². The third-order valence-electron chi connectivity index (χ3n) is 6.42. The number of aliphatic carboxylic acids is 1. The van der Waals surface area contributed by atoms with Crippen LogP contribution in [0.1, 0.15) is 31.7 Å². The molecule has 0 spiro atoms. The van der Waals surface area contributed by atoms with Crippen LogP contribution < -0.4 is 14.9 Å². The Morgan fingerprint density at radius 2 is 1.59 bits per heavy atom. The van der Waals surface area contributed by atoms with E-state index in [0.29, 0.717) is 30.5 Å². The molecule has 0 saturated carbocycles. The van der Waals surface area contributed by atoms with Gasteiger partial charge in [0.05, 0.1) is 10.6 Å². The molecule has 0 heterocycles. The molecule has 11 heteroatoms. The van der Waals surface area contributed by atoms with E-state index in [4.69, 9.17) is 23.2 Å². The highest BCUT2D eigenvalue weighted by Crippen LogP contribution is 2.33. The summed E-state index contributed by atoms with van der Waals surface area (Å²) in [4.78, 5) is 24.7. The fraction of sp³-hybridized carbons (Fsp3) is 0.200. The smallest absolute Gasteiger partial charge is 0.327 e. The number of hydrogen-bond acceptors (Lipinski definition) is 4. The summed E-state index contributed by atoms with van der Waals surface area (Å²) in [5.41, 5.74) is 1.59. The number of hydrogen-bond donors (Lipinski definition) is 3. The fourth-order valence-corrected chi connectivity index (χ4v) is 6.77. The molecular weight excluding hydrogens is 585 g/mol. The zero-order chi connectivity index (χ0) is 29.6. The lowest BCUT2D eigenvalue weighted by molar-refractivity contribution is -0.138. The number of benzene rings is 4. The van der Waals surface area contributed by atoms with E-state index in [1.54, 1.807) is 36.4 Å². The van der Waals surface area contributed by atoms with Crippen molar-refractivity contribution in [3.05, 3.63) is 101 Å². The van der Waals surface area contributed by atoms with Gasteiger partial charge in [0, 0.05) is 22.3 Å². The van der Waals surface area contributed by atoms with Crippen LogP contribution in [0.25, 0.3) is 10.8 Å². The first-order chi connectivity index (χ1) is 19.6. The normalized spacial score (nSPS) is 12.1. The molecule has 0 bridgehead atoms. The van der Waals surface area contributed by atoms with Gasteiger partial charge in [-0.25, -0.2) is 18.0 Å². The number of unbranched alkanes of at least 4 members (excludes halogenated alkanes) is 1. The Morgan fingerprint density at radius 3 is 2.24 bits per heavy atom. The monoisotopic (exact) mass is 613 g/mol. The second kappa shape index (κ2) is 13.2. The molecule has 214 valence electrons. The van der Waals surface area contributed by atoms with Crippen molar-refractivity contribution >= 4 is 67.4 Å². The van der Waals surface area contributed by atoms with E-state index in [1.807, 2.05) is 37.3 Å². The predicted octanol–water partition coefficient (Wildman–Crippen LogP) is 7.31. The van der Waals surface area contributed by atoms with E-state index in [1.165, 1.54) is 18.2 Å². The molecule has 4 aromatic carbocycles. The van der Waals surface area contributed by atoms with Gasteiger partial charge in [-0.2, -0.15) is 0 Å². The average Bonchev–Trinajstić information content (AvgIpc) is 2.93. The Hall–Kier alpha value is -3.79. The Kier molecular flexibility index (Phi) is 9.75. The summed E-state index contributed by atoms with van der Waals surface area (Å²) in [5.74, 6) is -1.28. The number of halogens is 2. The molecule has 41 heavy (non-hydrogen) atoms. The molecule has 1 atom stereocenters. The van der Waals surface area contributed by atoms with Gasteiger partial charge in [0.1, 0.15) is 6.04 Å². The molecule has 1 unspecified atom stereocenters. The molecule has 0 radical (unpaired) electrons. The standard InChI is InChI=1S/C30H29Cl2N3O5S/c1-2-3-9-28(29(36)37)35(41(39,40)27-17-23(31)16-24(32)18-27)26-13-11-21-10-12-25(14-22(21)15-26)34-30(38)33-19-20-7-5-4-6-8-20/h4-8,10-18,28H,2-3,9,19H2,1H3,(H,36,37)(H2,33,34,38). The lowest BCUT2D eigenvalue weighted by Crippen LogP contribution is -2.45. The molecule has 0 aliphatic carbocycles. The molecule has 0 aliphatic heterocycles. The first-order valence-corrected chi connectivity index (χ1v) is 15.1. The summed E-state index contributed by atoms with van der Waals surface area (Å²) in [5, 5.41) is 17.3. The van der Waals surface area contributed by atoms with E-state index in [-0.39, 0.29) is 27.0 Å². The second-order valence-corrected chi connectivity index (χ2v) is 12.1. The number of carboxylic acids is 1. The topological polar surface area (TPSA) is 116 Å². The Bertz CT molecular complexity index is 1650. The quantitative estimate of drug-likeness (QED) is 0.164. The van der Waals surface area contributed by atoms with Crippen LogP contribution in [-0.2, 0) is 21.4 Å². The fourth-order valence-electron chi connectivity index (χ4n) is 4.42. The summed E-state index contributed by atoms with van der Waals surface area (Å²) >= 11 is 12.2. The van der Waals surface area contributed by atoms with Crippen molar-refractivity contribution in [3.63, 3.8) is 0 Å². The molecular formula is C30H29Cl2N3O5S. The van der Waals surface area contributed by atoms with E-state index < -0.39 is 28.1 Å². The van der Waals surface area contributed by atoms with Crippen LogP contribution in [0.2, 0.25) is 10.0 Å². The Balaban J connectivity index is 1.71. The molecule has 4 rings (SSSR count).